The molecule has 3 heteroatoms. The van der Waals surface area contributed by atoms with Crippen molar-refractivity contribution in [3.63, 3.8) is 0 Å². The molecular weight excluding hydrogens is 286 g/mol. The molecule has 0 saturated heterocycles. The molecule has 0 N–H and O–H groups in total. The van der Waals surface area contributed by atoms with E-state index in [4.69, 9.17) is 0 Å². The minimum atomic E-state index is -1.21. The molecule has 0 aliphatic carbocycles. The summed E-state index contributed by atoms with van der Waals surface area (Å²) < 4.78 is 0. The normalized spacial score (nSPS) is 22.5. The molecule has 1 aliphatic rings. The van der Waals surface area contributed by atoms with Gasteiger partial charge < -0.3 is 4.90 Å². The lowest BCUT2D eigenvalue weighted by molar-refractivity contribution is -0.135. The van der Waals surface area contributed by atoms with Crippen LogP contribution in [0.5, 0.6) is 0 Å². The highest BCUT2D eigenvalue weighted by molar-refractivity contribution is 6.76. The average molecular weight is 316 g/mol. The van der Waals surface area contributed by atoms with Crippen molar-refractivity contribution in [3.05, 3.63) is 48.2 Å². The molecule has 1 aromatic carbocycles. The quantitative estimate of drug-likeness (QED) is 0.730. The third kappa shape index (κ3) is 3.35. The predicted octanol–water partition coefficient (Wildman–Crippen LogP) is 4.81. The van der Waals surface area contributed by atoms with Gasteiger partial charge >= 0.3 is 0 Å². The summed E-state index contributed by atoms with van der Waals surface area (Å²) in [7, 11) is -1.21. The fourth-order valence-electron chi connectivity index (χ4n) is 2.95. The molecule has 120 valence electrons. The summed E-state index contributed by atoms with van der Waals surface area (Å²) in [5.41, 5.74) is 0.471. The van der Waals surface area contributed by atoms with Gasteiger partial charge in [-0.2, -0.15) is 0 Å². The van der Waals surface area contributed by atoms with Crippen molar-refractivity contribution in [3.8, 4) is 0 Å². The van der Waals surface area contributed by atoms with Crippen LogP contribution in [0.4, 0.5) is 0 Å². The Morgan fingerprint density at radius 3 is 2.14 bits per heavy atom. The van der Waals surface area contributed by atoms with Crippen LogP contribution in [0.2, 0.25) is 25.7 Å². The van der Waals surface area contributed by atoms with Crippen LogP contribution in [0.1, 0.15) is 32.8 Å². The number of benzene rings is 1. The van der Waals surface area contributed by atoms with Crippen molar-refractivity contribution in [2.24, 2.45) is 0 Å². The smallest absolute Gasteiger partial charge is 0.241 e. The lowest BCUT2D eigenvalue weighted by atomic mass is 9.78. The van der Waals surface area contributed by atoms with E-state index in [9.17, 15) is 4.79 Å². The van der Waals surface area contributed by atoms with Gasteiger partial charge in [0.15, 0.2) is 0 Å². The summed E-state index contributed by atoms with van der Waals surface area (Å²) >= 11 is 0. The summed E-state index contributed by atoms with van der Waals surface area (Å²) in [6.45, 7) is 13.4. The second-order valence-corrected chi connectivity index (χ2v) is 14.2. The number of hydrogen-bond donors (Lipinski definition) is 0. The van der Waals surface area contributed by atoms with Crippen LogP contribution in [0.15, 0.2) is 42.6 Å². The molecule has 0 saturated carbocycles. The molecule has 1 atom stereocenters. The molecule has 0 bridgehead atoms. The fraction of sp³-hybridized carbons (Fsp3) is 0.526. The third-order valence-corrected chi connectivity index (χ3v) is 6.14. The van der Waals surface area contributed by atoms with Crippen LogP contribution >= 0.6 is 0 Å². The van der Waals surface area contributed by atoms with Crippen molar-refractivity contribution in [1.29, 1.82) is 0 Å². The van der Waals surface area contributed by atoms with E-state index >= 15 is 0 Å². The third-order valence-electron chi connectivity index (χ3n) is 4.39. The van der Waals surface area contributed by atoms with Gasteiger partial charge in [0.1, 0.15) is 0 Å². The van der Waals surface area contributed by atoms with Gasteiger partial charge in [0.05, 0.1) is 5.41 Å². The zero-order valence-corrected chi connectivity index (χ0v) is 15.8. The second-order valence-electron chi connectivity index (χ2n) is 8.56. The van der Waals surface area contributed by atoms with Crippen LogP contribution in [0.25, 0.3) is 0 Å². The van der Waals surface area contributed by atoms with Gasteiger partial charge in [-0.15, -0.1) is 0 Å². The van der Waals surface area contributed by atoms with Crippen LogP contribution < -0.4 is 0 Å². The zero-order chi connectivity index (χ0) is 16.6. The summed E-state index contributed by atoms with van der Waals surface area (Å²) in [6.07, 6.45) is 5.05. The van der Waals surface area contributed by atoms with Crippen LogP contribution in [-0.4, -0.2) is 24.4 Å². The molecular formula is C19H29NOSi. The van der Waals surface area contributed by atoms with E-state index < -0.39 is 13.5 Å². The Kier molecular flexibility index (Phi) is 4.40. The van der Waals surface area contributed by atoms with Crippen molar-refractivity contribution in [2.75, 3.05) is 0 Å². The summed E-state index contributed by atoms with van der Waals surface area (Å²) in [5.74, 6) is 0.226. The largest absolute Gasteiger partial charge is 0.313 e. The number of carbonyl (C=O) groups excluding carboxylic acids is 1. The second kappa shape index (κ2) is 5.69. The molecule has 0 fully saturated rings. The highest BCUT2D eigenvalue weighted by atomic mass is 28.3. The van der Waals surface area contributed by atoms with Crippen molar-refractivity contribution >= 4 is 14.0 Å². The Labute approximate surface area is 136 Å². The number of hydrogen-bond acceptors (Lipinski definition) is 1. The van der Waals surface area contributed by atoms with Gasteiger partial charge in [0.2, 0.25) is 5.91 Å². The van der Waals surface area contributed by atoms with Crippen LogP contribution in [0.3, 0.4) is 0 Å². The van der Waals surface area contributed by atoms with Gasteiger partial charge in [-0.3, -0.25) is 4.79 Å². The maximum absolute atomic E-state index is 13.3. The Balaban J connectivity index is 2.41. The van der Waals surface area contributed by atoms with Crippen molar-refractivity contribution < 1.29 is 4.79 Å². The molecule has 1 unspecified atom stereocenters. The number of nitrogens with zero attached hydrogens (tertiary/aromatic N) is 1. The first kappa shape index (κ1) is 17.0. The van der Waals surface area contributed by atoms with Crippen LogP contribution in [-0.2, 0) is 10.2 Å². The van der Waals surface area contributed by atoms with Crippen LogP contribution in [0, 0.1) is 0 Å². The first-order valence-corrected chi connectivity index (χ1v) is 11.9. The topological polar surface area (TPSA) is 20.3 Å². The lowest BCUT2D eigenvalue weighted by Crippen LogP contribution is -2.47. The molecule has 22 heavy (non-hydrogen) atoms. The molecule has 1 aliphatic heterocycles. The van der Waals surface area contributed by atoms with E-state index in [2.05, 4.69) is 58.6 Å². The predicted molar refractivity (Wildman–Crippen MR) is 96.6 cm³/mol. The molecule has 2 nitrogen and oxygen atoms in total. The van der Waals surface area contributed by atoms with Crippen molar-refractivity contribution in [1.82, 2.24) is 4.90 Å². The van der Waals surface area contributed by atoms with Crippen molar-refractivity contribution in [2.45, 2.75) is 63.8 Å². The van der Waals surface area contributed by atoms with Gasteiger partial charge in [0, 0.05) is 19.8 Å². The molecule has 1 amide bonds. The van der Waals surface area contributed by atoms with E-state index in [-0.39, 0.29) is 11.4 Å². The fourth-order valence-corrected chi connectivity index (χ4v) is 4.09. The molecule has 0 spiro atoms. The monoisotopic (exact) mass is 315 g/mol. The highest BCUT2D eigenvalue weighted by Gasteiger charge is 2.47. The van der Waals surface area contributed by atoms with E-state index in [1.54, 1.807) is 0 Å². The lowest BCUT2D eigenvalue weighted by Gasteiger charge is -2.36. The van der Waals surface area contributed by atoms with E-state index in [0.29, 0.717) is 0 Å². The molecule has 0 aromatic heterocycles. The molecule has 0 radical (unpaired) electrons. The van der Waals surface area contributed by atoms with E-state index in [1.807, 2.05) is 29.3 Å². The van der Waals surface area contributed by atoms with E-state index in [0.717, 1.165) is 18.0 Å². The first-order chi connectivity index (χ1) is 10.1. The Hall–Kier alpha value is -1.35. The SMILES string of the molecule is CC(C)(C)N1C=CC(CC[Si](C)(C)C)(c2ccccc2)C1=O. The maximum atomic E-state index is 13.3. The van der Waals surface area contributed by atoms with Gasteiger partial charge in [-0.25, -0.2) is 0 Å². The van der Waals surface area contributed by atoms with Gasteiger partial charge in [-0.05, 0) is 38.8 Å². The van der Waals surface area contributed by atoms with Gasteiger partial charge in [-0.1, -0.05) is 56.0 Å². The summed E-state index contributed by atoms with van der Waals surface area (Å²) in [6, 6.07) is 11.4. The molecule has 1 aromatic rings. The highest BCUT2D eigenvalue weighted by Crippen LogP contribution is 2.41. The summed E-state index contributed by atoms with van der Waals surface area (Å²) in [5, 5.41) is 0. The Bertz CT molecular complexity index is 565. The summed E-state index contributed by atoms with van der Waals surface area (Å²) in [4.78, 5) is 15.2. The molecule has 1 heterocycles. The number of carbonyl (C=O) groups is 1. The Morgan fingerprint density at radius 2 is 1.68 bits per heavy atom. The first-order valence-electron chi connectivity index (χ1n) is 8.15. The van der Waals surface area contributed by atoms with E-state index in [1.165, 1.54) is 0 Å². The zero-order valence-electron chi connectivity index (χ0n) is 14.8. The minimum Gasteiger partial charge on any atom is -0.313 e. The molecule has 2 rings (SSSR count). The number of amides is 1. The minimum absolute atomic E-state index is 0.177. The van der Waals surface area contributed by atoms with Gasteiger partial charge in [0.25, 0.3) is 0 Å². The maximum Gasteiger partial charge on any atom is 0.241 e. The Morgan fingerprint density at radius 1 is 1.09 bits per heavy atom. The average Bonchev–Trinajstić information content (AvgIpc) is 2.75. The standard InChI is InChI=1S/C19H29NOSi/c1-18(2,3)20-14-12-19(17(20)21,13-15-22(4,5)6)16-10-8-7-9-11-16/h7-12,14H,13,15H2,1-6H3. The number of rotatable bonds is 4.